The molecule has 3 aromatic rings. The number of carbonyl (C=O) groups is 2. The summed E-state index contributed by atoms with van der Waals surface area (Å²) in [6.45, 7) is 0.0755. The van der Waals surface area contributed by atoms with Crippen molar-refractivity contribution in [3.05, 3.63) is 113 Å². The van der Waals surface area contributed by atoms with E-state index in [0.717, 1.165) is 17.2 Å². The molecule has 3 aromatic carbocycles. The lowest BCUT2D eigenvalue weighted by molar-refractivity contribution is -0.214. The number of carbonyl (C=O) groups excluding carboxylic acids is 2. The van der Waals surface area contributed by atoms with Crippen LogP contribution in [0.25, 0.3) is 0 Å². The standard InChI is InChI=1S/C29H26O7/c1-33-23-14-8-13-22-25(23)26(31)29(32)24(15-16-30)35-19-28(29,36-18-21-11-6-3-7-12-21)27(22)34-17-20-9-4-2-5-10-20/h2-16,27,32H,17-19H2,1H3/b24-15-/t27-,28-,29+/m1/s1. The Kier molecular flexibility index (Phi) is 6.45. The van der Waals surface area contributed by atoms with Gasteiger partial charge in [0.2, 0.25) is 11.4 Å². The molecule has 184 valence electrons. The van der Waals surface area contributed by atoms with Gasteiger partial charge >= 0.3 is 0 Å². The maximum absolute atomic E-state index is 14.0. The second kappa shape index (κ2) is 9.70. The monoisotopic (exact) mass is 486 g/mol. The minimum atomic E-state index is -2.31. The Bertz CT molecular complexity index is 1290. The van der Waals surface area contributed by atoms with Gasteiger partial charge in [0.15, 0.2) is 5.60 Å². The average Bonchev–Trinajstić information content (AvgIpc) is 3.21. The second-order valence-electron chi connectivity index (χ2n) is 8.76. The second-order valence-corrected chi connectivity index (χ2v) is 8.76. The third-order valence-electron chi connectivity index (χ3n) is 6.77. The summed E-state index contributed by atoms with van der Waals surface area (Å²) in [4.78, 5) is 25.5. The number of hydrogen-bond acceptors (Lipinski definition) is 7. The van der Waals surface area contributed by atoms with Gasteiger partial charge in [-0.1, -0.05) is 72.8 Å². The van der Waals surface area contributed by atoms with Crippen LogP contribution in [-0.4, -0.2) is 42.1 Å². The fourth-order valence-corrected chi connectivity index (χ4v) is 5.00. The fourth-order valence-electron chi connectivity index (χ4n) is 5.00. The van der Waals surface area contributed by atoms with E-state index < -0.39 is 23.1 Å². The quantitative estimate of drug-likeness (QED) is 0.381. The Morgan fingerprint density at radius 3 is 2.28 bits per heavy atom. The van der Waals surface area contributed by atoms with Gasteiger partial charge < -0.3 is 24.1 Å². The molecule has 5 rings (SSSR count). The summed E-state index contributed by atoms with van der Waals surface area (Å²) in [6.07, 6.45) is 0.609. The topological polar surface area (TPSA) is 91.3 Å². The van der Waals surface area contributed by atoms with Crippen molar-refractivity contribution in [1.82, 2.24) is 0 Å². The predicted octanol–water partition coefficient (Wildman–Crippen LogP) is 3.95. The number of fused-ring (bicyclic) bond motifs is 2. The summed E-state index contributed by atoms with van der Waals surface area (Å²) >= 11 is 0. The van der Waals surface area contributed by atoms with Crippen LogP contribution in [-0.2, 0) is 32.2 Å². The van der Waals surface area contributed by atoms with Gasteiger partial charge in [0.05, 0.1) is 25.9 Å². The van der Waals surface area contributed by atoms with E-state index in [-0.39, 0.29) is 36.9 Å². The van der Waals surface area contributed by atoms with Gasteiger partial charge in [0.1, 0.15) is 30.5 Å². The molecule has 0 saturated carbocycles. The first-order valence-corrected chi connectivity index (χ1v) is 11.6. The molecule has 7 nitrogen and oxygen atoms in total. The molecule has 0 bridgehead atoms. The smallest absolute Gasteiger partial charge is 0.220 e. The number of aliphatic hydroxyl groups is 1. The Balaban J connectivity index is 1.67. The molecule has 0 spiro atoms. The van der Waals surface area contributed by atoms with Gasteiger partial charge in [0.25, 0.3) is 0 Å². The zero-order valence-electron chi connectivity index (χ0n) is 19.8. The molecular formula is C29H26O7. The lowest BCUT2D eigenvalue weighted by Crippen LogP contribution is -2.65. The average molecular weight is 487 g/mol. The zero-order chi connectivity index (χ0) is 25.2. The highest BCUT2D eigenvalue weighted by Crippen LogP contribution is 2.56. The first-order chi connectivity index (χ1) is 17.5. The molecule has 1 fully saturated rings. The van der Waals surface area contributed by atoms with Gasteiger partial charge in [-0.3, -0.25) is 9.59 Å². The van der Waals surface area contributed by atoms with Crippen molar-refractivity contribution in [3.8, 4) is 5.75 Å². The van der Waals surface area contributed by atoms with Crippen molar-refractivity contribution in [2.45, 2.75) is 30.5 Å². The molecule has 36 heavy (non-hydrogen) atoms. The van der Waals surface area contributed by atoms with Crippen molar-refractivity contribution in [2.75, 3.05) is 13.7 Å². The highest BCUT2D eigenvalue weighted by molar-refractivity contribution is 6.10. The van der Waals surface area contributed by atoms with E-state index in [1.165, 1.54) is 7.11 Å². The molecule has 1 aliphatic carbocycles. The summed E-state index contributed by atoms with van der Waals surface area (Å²) in [6, 6.07) is 24.1. The molecule has 0 amide bonds. The van der Waals surface area contributed by atoms with E-state index in [2.05, 4.69) is 0 Å². The Morgan fingerprint density at radius 2 is 1.64 bits per heavy atom. The van der Waals surface area contributed by atoms with Gasteiger partial charge in [-0.05, 0) is 22.8 Å². The van der Waals surface area contributed by atoms with Gasteiger partial charge in [-0.15, -0.1) is 0 Å². The number of ketones is 1. The first kappa shape index (κ1) is 23.9. The fraction of sp³-hybridized carbons (Fsp3) is 0.241. The number of ether oxygens (including phenoxy) is 4. The van der Waals surface area contributed by atoms with E-state index in [0.29, 0.717) is 11.8 Å². The number of Topliss-reactive ketones (excluding diaryl/α,β-unsaturated/α-hetero) is 1. The van der Waals surface area contributed by atoms with Gasteiger partial charge in [-0.25, -0.2) is 0 Å². The van der Waals surface area contributed by atoms with Crippen molar-refractivity contribution >= 4 is 12.1 Å². The van der Waals surface area contributed by atoms with Gasteiger partial charge in [-0.2, -0.15) is 0 Å². The maximum atomic E-state index is 14.0. The molecular weight excluding hydrogens is 460 g/mol. The van der Waals surface area contributed by atoms with E-state index in [9.17, 15) is 14.7 Å². The highest BCUT2D eigenvalue weighted by atomic mass is 16.6. The lowest BCUT2D eigenvalue weighted by Gasteiger charge is -2.47. The molecule has 1 N–H and O–H groups in total. The predicted molar refractivity (Wildman–Crippen MR) is 130 cm³/mol. The Hall–Kier alpha value is -3.78. The van der Waals surface area contributed by atoms with Crippen LogP contribution in [0.1, 0.15) is 33.2 Å². The number of methoxy groups -OCH3 is 1. The zero-order valence-corrected chi connectivity index (χ0v) is 19.8. The van der Waals surface area contributed by atoms with Crippen molar-refractivity contribution in [1.29, 1.82) is 0 Å². The Morgan fingerprint density at radius 1 is 0.972 bits per heavy atom. The third kappa shape index (κ3) is 3.73. The lowest BCUT2D eigenvalue weighted by atomic mass is 9.66. The van der Waals surface area contributed by atoms with Crippen LogP contribution in [0.15, 0.2) is 90.7 Å². The molecule has 1 aliphatic heterocycles. The highest BCUT2D eigenvalue weighted by Gasteiger charge is 2.72. The number of benzene rings is 3. The molecule has 0 radical (unpaired) electrons. The van der Waals surface area contributed by atoms with Crippen LogP contribution in [0.2, 0.25) is 0 Å². The molecule has 7 heteroatoms. The van der Waals surface area contributed by atoms with Crippen molar-refractivity contribution < 1.29 is 33.6 Å². The number of rotatable bonds is 8. The molecule has 3 atom stereocenters. The van der Waals surface area contributed by atoms with E-state index in [1.54, 1.807) is 18.2 Å². The first-order valence-electron chi connectivity index (χ1n) is 11.6. The SMILES string of the molecule is COc1cccc2c1C(=O)[C@@]1(O)/C(=C/C=O)OC[C@@]1(OCc1ccccc1)[C@@H]2OCc1ccccc1. The summed E-state index contributed by atoms with van der Waals surface area (Å²) in [5.74, 6) is -0.568. The number of aldehydes is 1. The summed E-state index contributed by atoms with van der Waals surface area (Å²) in [5.41, 5.74) is -1.55. The van der Waals surface area contributed by atoms with Crippen molar-refractivity contribution in [3.63, 3.8) is 0 Å². The molecule has 1 heterocycles. The van der Waals surface area contributed by atoms with Crippen LogP contribution < -0.4 is 4.74 Å². The largest absolute Gasteiger partial charge is 0.496 e. The van der Waals surface area contributed by atoms with Gasteiger partial charge in [0, 0.05) is 6.08 Å². The van der Waals surface area contributed by atoms with Crippen LogP contribution >= 0.6 is 0 Å². The van der Waals surface area contributed by atoms with Crippen LogP contribution in [0.5, 0.6) is 5.75 Å². The third-order valence-corrected chi connectivity index (χ3v) is 6.77. The van der Waals surface area contributed by atoms with E-state index in [1.807, 2.05) is 60.7 Å². The minimum Gasteiger partial charge on any atom is -0.496 e. The van der Waals surface area contributed by atoms with Crippen LogP contribution in [0.3, 0.4) is 0 Å². The summed E-state index contributed by atoms with van der Waals surface area (Å²) < 4.78 is 24.2. The summed E-state index contributed by atoms with van der Waals surface area (Å²) in [7, 11) is 1.45. The van der Waals surface area contributed by atoms with Crippen molar-refractivity contribution in [2.24, 2.45) is 0 Å². The number of hydrogen-bond donors (Lipinski definition) is 1. The summed E-state index contributed by atoms with van der Waals surface area (Å²) in [5, 5.41) is 12.2. The molecule has 0 unspecified atom stereocenters. The van der Waals surface area contributed by atoms with Crippen LogP contribution in [0, 0.1) is 0 Å². The maximum Gasteiger partial charge on any atom is 0.220 e. The number of allylic oxidation sites excluding steroid dienone is 1. The minimum absolute atomic E-state index is 0.0820. The van der Waals surface area contributed by atoms with E-state index >= 15 is 0 Å². The Labute approximate surface area is 208 Å². The molecule has 0 aromatic heterocycles. The molecule has 1 saturated heterocycles. The van der Waals surface area contributed by atoms with Crippen LogP contribution in [0.4, 0.5) is 0 Å². The normalized spacial score (nSPS) is 25.7. The molecule has 2 aliphatic rings. The van der Waals surface area contributed by atoms with E-state index in [4.69, 9.17) is 18.9 Å².